The minimum atomic E-state index is 0.590. The predicted octanol–water partition coefficient (Wildman–Crippen LogP) is 7.43. The van der Waals surface area contributed by atoms with E-state index in [1.165, 1.54) is 43.4 Å². The summed E-state index contributed by atoms with van der Waals surface area (Å²) >= 11 is 0. The van der Waals surface area contributed by atoms with Crippen LogP contribution in [0.15, 0.2) is 89.1 Å². The molecule has 0 N–H and O–H groups in total. The fourth-order valence-electron chi connectivity index (χ4n) is 4.03. The van der Waals surface area contributed by atoms with Crippen molar-refractivity contribution in [2.24, 2.45) is 10.2 Å². The molecule has 5 rings (SSSR count). The molecule has 2 heteroatoms. The van der Waals surface area contributed by atoms with Crippen molar-refractivity contribution in [3.8, 4) is 0 Å². The molecule has 0 spiro atoms. The standard InChI is InChI=1S/C25H20N2/c1-2-17-6-3-4-9-23(17)27-26-16-21-13-12-20-11-10-18-7-5-8-19-14-15-22(21)25(20)24(18)19/h3-15H,2,16H2,1H3. The number of hydrogen-bond acceptors (Lipinski definition) is 2. The van der Waals surface area contributed by atoms with Gasteiger partial charge in [0, 0.05) is 0 Å². The van der Waals surface area contributed by atoms with Gasteiger partial charge in [-0.2, -0.15) is 10.2 Å². The van der Waals surface area contributed by atoms with Gasteiger partial charge in [-0.25, -0.2) is 0 Å². The summed E-state index contributed by atoms with van der Waals surface area (Å²) in [4.78, 5) is 0. The van der Waals surface area contributed by atoms with Gasteiger partial charge in [0.25, 0.3) is 0 Å². The zero-order valence-electron chi connectivity index (χ0n) is 15.3. The Morgan fingerprint density at radius 3 is 2.15 bits per heavy atom. The molecule has 0 unspecified atom stereocenters. The lowest BCUT2D eigenvalue weighted by Gasteiger charge is -2.12. The molecule has 0 saturated carbocycles. The first-order chi connectivity index (χ1) is 13.3. The molecule has 0 aliphatic carbocycles. The van der Waals surface area contributed by atoms with Crippen LogP contribution in [0.3, 0.4) is 0 Å². The van der Waals surface area contributed by atoms with Crippen LogP contribution in [0.1, 0.15) is 18.1 Å². The molecule has 0 aliphatic rings. The molecule has 2 nitrogen and oxygen atoms in total. The molecule has 5 aromatic carbocycles. The smallest absolute Gasteiger partial charge is 0.0884 e. The molecular formula is C25H20N2. The fraction of sp³-hybridized carbons (Fsp3) is 0.120. The summed E-state index contributed by atoms with van der Waals surface area (Å²) in [5, 5.41) is 16.9. The third-order valence-corrected chi connectivity index (χ3v) is 5.41. The molecule has 0 heterocycles. The van der Waals surface area contributed by atoms with Crippen molar-refractivity contribution >= 4 is 38.0 Å². The number of rotatable bonds is 4. The monoisotopic (exact) mass is 348 g/mol. The second-order valence-electron chi connectivity index (χ2n) is 6.96. The first-order valence-electron chi connectivity index (χ1n) is 9.46. The highest BCUT2D eigenvalue weighted by Crippen LogP contribution is 2.36. The number of nitrogens with zero attached hydrogens (tertiary/aromatic N) is 2. The maximum atomic E-state index is 4.53. The SMILES string of the molecule is CCc1ccccc1N=NCc1ccc2ccc3cccc4ccc1c2c34. The molecule has 0 amide bonds. The van der Waals surface area contributed by atoms with Gasteiger partial charge in [-0.1, -0.05) is 79.7 Å². The normalized spacial score (nSPS) is 12.0. The van der Waals surface area contributed by atoms with Crippen LogP contribution >= 0.6 is 0 Å². The topological polar surface area (TPSA) is 24.7 Å². The number of benzene rings is 5. The van der Waals surface area contributed by atoms with Crippen LogP contribution in [0.25, 0.3) is 32.3 Å². The van der Waals surface area contributed by atoms with Crippen molar-refractivity contribution in [1.82, 2.24) is 0 Å². The van der Waals surface area contributed by atoms with Gasteiger partial charge in [-0.05, 0) is 55.9 Å². The summed E-state index contributed by atoms with van der Waals surface area (Å²) in [5.74, 6) is 0. The Balaban J connectivity index is 1.60. The maximum absolute atomic E-state index is 4.53. The molecule has 0 aliphatic heterocycles. The summed E-state index contributed by atoms with van der Waals surface area (Å²) in [6.07, 6.45) is 0.966. The van der Waals surface area contributed by atoms with Crippen LogP contribution < -0.4 is 0 Å². The van der Waals surface area contributed by atoms with E-state index in [1.807, 2.05) is 12.1 Å². The van der Waals surface area contributed by atoms with Crippen molar-refractivity contribution in [3.63, 3.8) is 0 Å². The van der Waals surface area contributed by atoms with Crippen molar-refractivity contribution in [1.29, 1.82) is 0 Å². The molecule has 0 fully saturated rings. The van der Waals surface area contributed by atoms with Gasteiger partial charge in [0.15, 0.2) is 0 Å². The van der Waals surface area contributed by atoms with Gasteiger partial charge in [0.1, 0.15) is 0 Å². The Kier molecular flexibility index (Phi) is 3.83. The van der Waals surface area contributed by atoms with Crippen LogP contribution in [-0.2, 0) is 13.0 Å². The van der Waals surface area contributed by atoms with Gasteiger partial charge >= 0.3 is 0 Å². The van der Waals surface area contributed by atoms with Crippen LogP contribution in [0, 0.1) is 0 Å². The molecule has 0 bridgehead atoms. The third-order valence-electron chi connectivity index (χ3n) is 5.41. The van der Waals surface area contributed by atoms with E-state index in [4.69, 9.17) is 0 Å². The Labute approximate surface area is 158 Å². The van der Waals surface area contributed by atoms with Gasteiger partial charge < -0.3 is 0 Å². The number of aryl methyl sites for hydroxylation is 1. The highest BCUT2D eigenvalue weighted by Gasteiger charge is 2.10. The second kappa shape index (κ2) is 6.48. The molecule has 0 atom stereocenters. The quantitative estimate of drug-likeness (QED) is 0.238. The number of azo groups is 1. The lowest BCUT2D eigenvalue weighted by molar-refractivity contribution is 0.959. The molecule has 130 valence electrons. The van der Waals surface area contributed by atoms with Crippen molar-refractivity contribution in [2.75, 3.05) is 0 Å². The van der Waals surface area contributed by atoms with Crippen molar-refractivity contribution in [2.45, 2.75) is 19.9 Å². The Hall–Kier alpha value is -3.26. The molecular weight excluding hydrogens is 328 g/mol. The lowest BCUT2D eigenvalue weighted by Crippen LogP contribution is -1.89. The Morgan fingerprint density at radius 2 is 1.33 bits per heavy atom. The summed E-state index contributed by atoms with van der Waals surface area (Å²) in [6.45, 7) is 2.74. The van der Waals surface area contributed by atoms with E-state index in [0.29, 0.717) is 6.54 Å². The van der Waals surface area contributed by atoms with E-state index in [2.05, 4.69) is 83.9 Å². The van der Waals surface area contributed by atoms with E-state index < -0.39 is 0 Å². The van der Waals surface area contributed by atoms with Crippen molar-refractivity contribution in [3.05, 3.63) is 90.0 Å². The minimum Gasteiger partial charge on any atom is -0.184 e. The van der Waals surface area contributed by atoms with Crippen molar-refractivity contribution < 1.29 is 0 Å². The zero-order valence-corrected chi connectivity index (χ0v) is 15.3. The van der Waals surface area contributed by atoms with Gasteiger partial charge in [0.2, 0.25) is 0 Å². The van der Waals surface area contributed by atoms with Crippen LogP contribution in [0.5, 0.6) is 0 Å². The molecule has 27 heavy (non-hydrogen) atoms. The largest absolute Gasteiger partial charge is 0.184 e. The molecule has 0 saturated heterocycles. The maximum Gasteiger partial charge on any atom is 0.0884 e. The predicted molar refractivity (Wildman–Crippen MR) is 114 cm³/mol. The zero-order chi connectivity index (χ0) is 18.2. The summed E-state index contributed by atoms with van der Waals surface area (Å²) in [7, 11) is 0. The summed E-state index contributed by atoms with van der Waals surface area (Å²) < 4.78 is 0. The van der Waals surface area contributed by atoms with E-state index in [1.54, 1.807) is 0 Å². The first-order valence-corrected chi connectivity index (χ1v) is 9.46. The van der Waals surface area contributed by atoms with E-state index in [-0.39, 0.29) is 0 Å². The van der Waals surface area contributed by atoms with E-state index in [0.717, 1.165) is 12.1 Å². The first kappa shape index (κ1) is 16.0. The summed E-state index contributed by atoms with van der Waals surface area (Å²) in [5.41, 5.74) is 3.42. The van der Waals surface area contributed by atoms with Gasteiger partial charge in [0.05, 0.1) is 12.2 Å². The van der Waals surface area contributed by atoms with Crippen LogP contribution in [0.4, 0.5) is 5.69 Å². The third kappa shape index (κ3) is 2.65. The molecule has 0 radical (unpaired) electrons. The second-order valence-corrected chi connectivity index (χ2v) is 6.96. The molecule has 5 aromatic rings. The Bertz CT molecular complexity index is 1270. The number of hydrogen-bond donors (Lipinski definition) is 0. The van der Waals surface area contributed by atoms with Crippen LogP contribution in [-0.4, -0.2) is 0 Å². The van der Waals surface area contributed by atoms with E-state index in [9.17, 15) is 0 Å². The highest BCUT2D eigenvalue weighted by molar-refractivity contribution is 6.23. The van der Waals surface area contributed by atoms with Gasteiger partial charge in [-0.15, -0.1) is 0 Å². The minimum absolute atomic E-state index is 0.590. The summed E-state index contributed by atoms with van der Waals surface area (Å²) in [6, 6.07) is 28.0. The van der Waals surface area contributed by atoms with Gasteiger partial charge in [-0.3, -0.25) is 0 Å². The van der Waals surface area contributed by atoms with E-state index >= 15 is 0 Å². The average Bonchev–Trinajstić information content (AvgIpc) is 2.73. The lowest BCUT2D eigenvalue weighted by atomic mass is 9.92. The fourth-order valence-corrected chi connectivity index (χ4v) is 4.03. The highest BCUT2D eigenvalue weighted by atomic mass is 15.1. The average molecular weight is 348 g/mol. The van der Waals surface area contributed by atoms with Crippen LogP contribution in [0.2, 0.25) is 0 Å². The Morgan fingerprint density at radius 1 is 0.630 bits per heavy atom. The molecule has 0 aromatic heterocycles.